The molecule has 0 aromatic heterocycles. The van der Waals surface area contributed by atoms with Crippen molar-refractivity contribution in [2.45, 2.75) is 31.8 Å². The second-order valence-electron chi connectivity index (χ2n) is 4.66. The quantitative estimate of drug-likeness (QED) is 0.551. The average Bonchev–Trinajstić information content (AvgIpc) is 2.21. The molecule has 8 heteroatoms. The zero-order valence-electron chi connectivity index (χ0n) is 11.0. The normalized spacial score (nSPS) is 14.0. The first-order chi connectivity index (χ1) is 7.99. The molecular weight excluding hydrogens is 260 g/mol. The Morgan fingerprint density at radius 2 is 1.83 bits per heavy atom. The van der Waals surface area contributed by atoms with E-state index in [4.69, 9.17) is 5.11 Å². The van der Waals surface area contributed by atoms with Crippen molar-refractivity contribution in [3.8, 4) is 0 Å². The molecule has 0 fully saturated rings. The standard InChI is InChI=1S/C10H20N2O5S/c1-10(2,11-3)9(15)12-7(8(13)14)5-6-18(4,16)17/h7,11H,5-6H2,1-4H3,(H,12,15)(H,13,14). The fourth-order valence-corrected chi connectivity index (χ4v) is 1.71. The van der Waals surface area contributed by atoms with Gasteiger partial charge in [-0.25, -0.2) is 13.2 Å². The van der Waals surface area contributed by atoms with Crippen molar-refractivity contribution < 1.29 is 23.1 Å². The number of carbonyl (C=O) groups excluding carboxylic acids is 1. The summed E-state index contributed by atoms with van der Waals surface area (Å²) >= 11 is 0. The molecule has 0 aliphatic heterocycles. The molecule has 18 heavy (non-hydrogen) atoms. The minimum Gasteiger partial charge on any atom is -0.480 e. The molecule has 0 aromatic rings. The molecule has 3 N–H and O–H groups in total. The average molecular weight is 280 g/mol. The number of carboxylic acids is 1. The number of likely N-dealkylation sites (N-methyl/N-ethyl adjacent to an activating group) is 1. The molecule has 0 aromatic carbocycles. The summed E-state index contributed by atoms with van der Waals surface area (Å²) in [7, 11) is -1.68. The van der Waals surface area contributed by atoms with Crippen LogP contribution in [-0.4, -0.2) is 56.0 Å². The van der Waals surface area contributed by atoms with Crippen LogP contribution in [-0.2, 0) is 19.4 Å². The van der Waals surface area contributed by atoms with Crippen LogP contribution in [0.3, 0.4) is 0 Å². The third kappa shape index (κ3) is 5.97. The molecule has 0 heterocycles. The first-order valence-corrected chi connectivity index (χ1v) is 7.46. The SMILES string of the molecule is CNC(C)(C)C(=O)NC(CCS(C)(=O)=O)C(=O)O. The summed E-state index contributed by atoms with van der Waals surface area (Å²) in [6.45, 7) is 3.19. The predicted octanol–water partition coefficient (Wildman–Crippen LogP) is -1.01. The van der Waals surface area contributed by atoms with Gasteiger partial charge in [0.1, 0.15) is 15.9 Å². The van der Waals surface area contributed by atoms with Gasteiger partial charge >= 0.3 is 5.97 Å². The summed E-state index contributed by atoms with van der Waals surface area (Å²) in [5, 5.41) is 14.0. The number of aliphatic carboxylic acids is 1. The molecule has 1 atom stereocenters. The van der Waals surface area contributed by atoms with Gasteiger partial charge in [-0.05, 0) is 27.3 Å². The lowest BCUT2D eigenvalue weighted by Gasteiger charge is -2.25. The Balaban J connectivity index is 4.66. The summed E-state index contributed by atoms with van der Waals surface area (Å²) in [6, 6.07) is -1.21. The van der Waals surface area contributed by atoms with Crippen LogP contribution in [0, 0.1) is 0 Å². The van der Waals surface area contributed by atoms with Gasteiger partial charge in [0.25, 0.3) is 0 Å². The van der Waals surface area contributed by atoms with E-state index in [1.54, 1.807) is 20.9 Å². The van der Waals surface area contributed by atoms with Crippen LogP contribution < -0.4 is 10.6 Å². The molecule has 0 aliphatic rings. The highest BCUT2D eigenvalue weighted by Gasteiger charge is 2.30. The summed E-state index contributed by atoms with van der Waals surface area (Å²) in [5.41, 5.74) is -0.918. The van der Waals surface area contributed by atoms with E-state index in [-0.39, 0.29) is 12.2 Å². The maximum Gasteiger partial charge on any atom is 0.326 e. The van der Waals surface area contributed by atoms with Crippen LogP contribution in [0.1, 0.15) is 20.3 Å². The molecule has 0 rings (SSSR count). The zero-order valence-corrected chi connectivity index (χ0v) is 11.8. The van der Waals surface area contributed by atoms with Crippen LogP contribution in [0.15, 0.2) is 0 Å². The van der Waals surface area contributed by atoms with Crippen molar-refractivity contribution in [3.63, 3.8) is 0 Å². The van der Waals surface area contributed by atoms with E-state index in [0.29, 0.717) is 0 Å². The largest absolute Gasteiger partial charge is 0.480 e. The number of carboxylic acid groups (broad SMARTS) is 1. The van der Waals surface area contributed by atoms with Crippen molar-refractivity contribution in [1.82, 2.24) is 10.6 Å². The molecule has 0 saturated carbocycles. The van der Waals surface area contributed by atoms with Crippen molar-refractivity contribution in [3.05, 3.63) is 0 Å². The third-order valence-electron chi connectivity index (χ3n) is 2.57. The Morgan fingerprint density at radius 1 is 1.33 bits per heavy atom. The first kappa shape index (κ1) is 16.9. The van der Waals surface area contributed by atoms with Gasteiger partial charge in [0.2, 0.25) is 5.91 Å². The topological polar surface area (TPSA) is 113 Å². The summed E-state index contributed by atoms with van der Waals surface area (Å²) in [6.07, 6.45) is 0.866. The van der Waals surface area contributed by atoms with Gasteiger partial charge in [-0.3, -0.25) is 4.79 Å². The van der Waals surface area contributed by atoms with Crippen LogP contribution in [0.5, 0.6) is 0 Å². The Hall–Kier alpha value is -1.15. The van der Waals surface area contributed by atoms with E-state index in [1.165, 1.54) is 0 Å². The van der Waals surface area contributed by atoms with E-state index >= 15 is 0 Å². The number of amides is 1. The second-order valence-corrected chi connectivity index (χ2v) is 6.92. The lowest BCUT2D eigenvalue weighted by atomic mass is 10.0. The number of rotatable bonds is 7. The van der Waals surface area contributed by atoms with Gasteiger partial charge in [-0.1, -0.05) is 0 Å². The lowest BCUT2D eigenvalue weighted by molar-refractivity contribution is -0.142. The molecule has 0 saturated heterocycles. The molecule has 1 amide bonds. The van der Waals surface area contributed by atoms with Crippen LogP contribution >= 0.6 is 0 Å². The molecule has 0 radical (unpaired) electrons. The minimum absolute atomic E-state index is 0.153. The number of nitrogens with one attached hydrogen (secondary N) is 2. The van der Waals surface area contributed by atoms with Gasteiger partial charge in [0.15, 0.2) is 0 Å². The summed E-state index contributed by atoms with van der Waals surface area (Å²) in [4.78, 5) is 22.7. The Bertz CT molecular complexity index is 416. The molecule has 0 spiro atoms. The third-order valence-corrected chi connectivity index (χ3v) is 3.55. The van der Waals surface area contributed by atoms with Crippen molar-refractivity contribution in [2.75, 3.05) is 19.1 Å². The number of sulfone groups is 1. The molecule has 0 aliphatic carbocycles. The fourth-order valence-electron chi connectivity index (χ4n) is 1.04. The highest BCUT2D eigenvalue weighted by Crippen LogP contribution is 2.04. The molecule has 0 bridgehead atoms. The van der Waals surface area contributed by atoms with Crippen LogP contribution in [0.4, 0.5) is 0 Å². The van der Waals surface area contributed by atoms with Crippen molar-refractivity contribution in [1.29, 1.82) is 0 Å². The maximum atomic E-state index is 11.7. The van der Waals surface area contributed by atoms with Gasteiger partial charge in [0, 0.05) is 6.26 Å². The number of hydrogen-bond donors (Lipinski definition) is 3. The highest BCUT2D eigenvalue weighted by molar-refractivity contribution is 7.90. The van der Waals surface area contributed by atoms with E-state index in [0.717, 1.165) is 6.26 Å². The Morgan fingerprint density at radius 3 is 2.17 bits per heavy atom. The monoisotopic (exact) mass is 280 g/mol. The lowest BCUT2D eigenvalue weighted by Crippen LogP contribution is -2.55. The highest BCUT2D eigenvalue weighted by atomic mass is 32.2. The van der Waals surface area contributed by atoms with E-state index in [2.05, 4.69) is 10.6 Å². The van der Waals surface area contributed by atoms with Gasteiger partial charge in [0.05, 0.1) is 11.3 Å². The van der Waals surface area contributed by atoms with E-state index in [1.807, 2.05) is 0 Å². The zero-order chi connectivity index (χ0) is 14.6. The van der Waals surface area contributed by atoms with Gasteiger partial charge in [-0.15, -0.1) is 0 Å². The molecule has 106 valence electrons. The minimum atomic E-state index is -3.26. The molecular formula is C10H20N2O5S. The van der Waals surface area contributed by atoms with Gasteiger partial charge in [-0.2, -0.15) is 0 Å². The Kier molecular flexibility index (Phi) is 5.75. The van der Waals surface area contributed by atoms with Crippen LogP contribution in [0.25, 0.3) is 0 Å². The fraction of sp³-hybridized carbons (Fsp3) is 0.800. The number of hydrogen-bond acceptors (Lipinski definition) is 5. The van der Waals surface area contributed by atoms with E-state index < -0.39 is 33.3 Å². The van der Waals surface area contributed by atoms with Crippen molar-refractivity contribution >= 4 is 21.7 Å². The van der Waals surface area contributed by atoms with Crippen molar-refractivity contribution in [2.24, 2.45) is 0 Å². The molecule has 7 nitrogen and oxygen atoms in total. The Labute approximate surface area is 107 Å². The van der Waals surface area contributed by atoms with Gasteiger partial charge < -0.3 is 15.7 Å². The number of carbonyl (C=O) groups is 2. The summed E-state index contributed by atoms with van der Waals surface area (Å²) in [5.74, 6) is -2.03. The first-order valence-electron chi connectivity index (χ1n) is 5.40. The van der Waals surface area contributed by atoms with E-state index in [9.17, 15) is 18.0 Å². The maximum absolute atomic E-state index is 11.7. The predicted molar refractivity (Wildman–Crippen MR) is 67.0 cm³/mol. The second kappa shape index (κ2) is 6.14. The summed E-state index contributed by atoms with van der Waals surface area (Å²) < 4.78 is 22.0. The molecule has 1 unspecified atom stereocenters. The van der Waals surface area contributed by atoms with Crippen LogP contribution in [0.2, 0.25) is 0 Å². The smallest absolute Gasteiger partial charge is 0.326 e.